The maximum absolute atomic E-state index is 13.1. The van der Waals surface area contributed by atoms with Gasteiger partial charge in [0.05, 0.1) is 19.2 Å². The van der Waals surface area contributed by atoms with Gasteiger partial charge >= 0.3 is 12.0 Å². The van der Waals surface area contributed by atoms with E-state index in [-0.39, 0.29) is 11.0 Å². The fourth-order valence-electron chi connectivity index (χ4n) is 1.81. The zero-order chi connectivity index (χ0) is 18.2. The third-order valence-electron chi connectivity index (χ3n) is 2.97. The molecule has 2 amide bonds. The predicted molar refractivity (Wildman–Crippen MR) is 92.1 cm³/mol. The fourth-order valence-corrected chi connectivity index (χ4v) is 1.99. The largest absolute Gasteiger partial charge is 0.481 e. The second kappa shape index (κ2) is 8.88. The summed E-state index contributed by atoms with van der Waals surface area (Å²) in [5, 5.41) is 8.13. The maximum Gasteiger partial charge on any atom is 0.321 e. The Morgan fingerprint density at radius 2 is 2.00 bits per heavy atom. The highest BCUT2D eigenvalue weighted by Gasteiger charge is 2.06. The molecule has 0 radical (unpaired) electrons. The number of nitrogens with one attached hydrogen (secondary N) is 3. The third kappa shape index (κ3) is 5.64. The number of hydrogen-bond acceptors (Lipinski definition) is 6. The molecule has 1 aromatic heterocycles. The summed E-state index contributed by atoms with van der Waals surface area (Å²) in [7, 11) is 2.94. The molecular formula is C15H17ClFN5O3. The number of nitrogens with zero attached hydrogens (tertiary/aromatic N) is 2. The molecule has 25 heavy (non-hydrogen) atoms. The number of hydrogen-bond donors (Lipinski definition) is 3. The lowest BCUT2D eigenvalue weighted by Crippen LogP contribution is -2.32. The van der Waals surface area contributed by atoms with E-state index in [4.69, 9.17) is 21.1 Å². The van der Waals surface area contributed by atoms with Crippen LogP contribution in [-0.4, -0.2) is 43.3 Å². The number of carbonyl (C=O) groups is 1. The van der Waals surface area contributed by atoms with E-state index in [0.29, 0.717) is 30.5 Å². The van der Waals surface area contributed by atoms with Crippen LogP contribution in [0.5, 0.6) is 11.9 Å². The zero-order valence-corrected chi connectivity index (χ0v) is 14.4. The molecule has 0 atom stereocenters. The normalized spacial score (nSPS) is 10.1. The summed E-state index contributed by atoms with van der Waals surface area (Å²) < 4.78 is 23.1. The number of methoxy groups -OCH3 is 2. The van der Waals surface area contributed by atoms with Crippen molar-refractivity contribution in [1.82, 2.24) is 15.3 Å². The predicted octanol–water partition coefficient (Wildman–Crippen LogP) is 2.52. The van der Waals surface area contributed by atoms with Gasteiger partial charge in [0.2, 0.25) is 5.88 Å². The lowest BCUT2D eigenvalue weighted by molar-refractivity contribution is 0.252. The van der Waals surface area contributed by atoms with Crippen LogP contribution in [0.1, 0.15) is 0 Å². The molecule has 2 rings (SSSR count). The highest BCUT2D eigenvalue weighted by Crippen LogP contribution is 2.19. The number of rotatable bonds is 7. The van der Waals surface area contributed by atoms with Gasteiger partial charge in [-0.1, -0.05) is 11.6 Å². The molecule has 0 saturated heterocycles. The number of carbonyl (C=O) groups excluding carboxylic acids is 1. The zero-order valence-electron chi connectivity index (χ0n) is 13.6. The molecule has 8 nitrogen and oxygen atoms in total. The Bertz CT molecular complexity index is 725. The molecule has 134 valence electrons. The molecule has 10 heteroatoms. The van der Waals surface area contributed by atoms with Gasteiger partial charge in [-0.3, -0.25) is 0 Å². The van der Waals surface area contributed by atoms with E-state index in [0.717, 1.165) is 0 Å². The number of aromatic nitrogens is 2. The number of urea groups is 1. The van der Waals surface area contributed by atoms with Gasteiger partial charge in [-0.25, -0.2) is 9.18 Å². The highest BCUT2D eigenvalue weighted by molar-refractivity contribution is 6.31. The number of anilines is 2. The van der Waals surface area contributed by atoms with Crippen molar-refractivity contribution in [3.63, 3.8) is 0 Å². The summed E-state index contributed by atoms with van der Waals surface area (Å²) in [5.74, 6) is 0.303. The van der Waals surface area contributed by atoms with Crippen LogP contribution < -0.4 is 25.4 Å². The fraction of sp³-hybridized carbons (Fsp3) is 0.267. The molecule has 0 saturated carbocycles. The molecule has 0 aliphatic heterocycles. The van der Waals surface area contributed by atoms with Crippen LogP contribution in [0.4, 0.5) is 20.7 Å². The first kappa shape index (κ1) is 18.5. The second-order valence-corrected chi connectivity index (χ2v) is 5.13. The van der Waals surface area contributed by atoms with E-state index >= 15 is 0 Å². The molecule has 0 fully saturated rings. The lowest BCUT2D eigenvalue weighted by Gasteiger charge is -2.10. The van der Waals surface area contributed by atoms with Gasteiger partial charge in [-0.05, 0) is 18.2 Å². The van der Waals surface area contributed by atoms with Crippen LogP contribution in [0.15, 0.2) is 24.3 Å². The van der Waals surface area contributed by atoms with Gasteiger partial charge in [0, 0.05) is 24.8 Å². The van der Waals surface area contributed by atoms with Gasteiger partial charge in [-0.2, -0.15) is 9.97 Å². The first-order valence-electron chi connectivity index (χ1n) is 7.22. The number of ether oxygens (including phenoxy) is 2. The van der Waals surface area contributed by atoms with Crippen LogP contribution in [0.2, 0.25) is 5.02 Å². The first-order valence-corrected chi connectivity index (χ1v) is 7.60. The Morgan fingerprint density at radius 3 is 2.68 bits per heavy atom. The average molecular weight is 370 g/mol. The Hall–Kier alpha value is -2.81. The summed E-state index contributed by atoms with van der Waals surface area (Å²) in [4.78, 5) is 19.8. The van der Waals surface area contributed by atoms with Crippen molar-refractivity contribution in [1.29, 1.82) is 0 Å². The van der Waals surface area contributed by atoms with Crippen molar-refractivity contribution < 1.29 is 18.7 Å². The topological polar surface area (TPSA) is 97.4 Å². The van der Waals surface area contributed by atoms with E-state index in [2.05, 4.69) is 25.9 Å². The van der Waals surface area contributed by atoms with Crippen molar-refractivity contribution in [2.45, 2.75) is 0 Å². The van der Waals surface area contributed by atoms with Gasteiger partial charge in [-0.15, -0.1) is 0 Å². The van der Waals surface area contributed by atoms with Crippen LogP contribution in [0, 0.1) is 5.82 Å². The Morgan fingerprint density at radius 1 is 1.20 bits per heavy atom. The number of amides is 2. The standard InChI is InChI=1S/C15H17ClFN5O3/c1-24-13-8-12(21-15(22-13)25-2)18-5-6-19-14(23)20-9-3-4-11(17)10(16)7-9/h3-4,7-8H,5-6H2,1-2H3,(H,18,21,22)(H2,19,20,23). The Labute approximate surface area is 148 Å². The summed E-state index contributed by atoms with van der Waals surface area (Å²) in [6.45, 7) is 0.719. The summed E-state index contributed by atoms with van der Waals surface area (Å²) >= 11 is 5.65. The van der Waals surface area contributed by atoms with Crippen LogP contribution >= 0.6 is 11.6 Å². The van der Waals surface area contributed by atoms with E-state index in [1.807, 2.05) is 0 Å². The van der Waals surface area contributed by atoms with Gasteiger partial charge < -0.3 is 25.4 Å². The quantitative estimate of drug-likeness (QED) is 0.649. The first-order chi connectivity index (χ1) is 12.0. The smallest absolute Gasteiger partial charge is 0.321 e. The summed E-state index contributed by atoms with van der Waals surface area (Å²) in [6, 6.07) is 5.24. The van der Waals surface area contributed by atoms with E-state index < -0.39 is 11.8 Å². The molecule has 0 aliphatic rings. The summed E-state index contributed by atoms with van der Waals surface area (Å²) in [6.07, 6.45) is 0. The number of benzene rings is 1. The Balaban J connectivity index is 1.78. The van der Waals surface area contributed by atoms with Crippen LogP contribution in [0.3, 0.4) is 0 Å². The second-order valence-electron chi connectivity index (χ2n) is 4.72. The highest BCUT2D eigenvalue weighted by atomic mass is 35.5. The van der Waals surface area contributed by atoms with Crippen molar-refractivity contribution >= 4 is 29.1 Å². The molecule has 1 heterocycles. The van der Waals surface area contributed by atoms with Crippen LogP contribution in [-0.2, 0) is 0 Å². The average Bonchev–Trinajstić information content (AvgIpc) is 2.61. The van der Waals surface area contributed by atoms with Crippen molar-refractivity contribution in [3.05, 3.63) is 35.1 Å². The molecule has 0 spiro atoms. The van der Waals surface area contributed by atoms with Gasteiger partial charge in [0.1, 0.15) is 11.6 Å². The molecule has 0 aliphatic carbocycles. The van der Waals surface area contributed by atoms with Crippen molar-refractivity contribution in [2.75, 3.05) is 37.9 Å². The minimum Gasteiger partial charge on any atom is -0.481 e. The molecule has 2 aromatic rings. The molecule has 1 aromatic carbocycles. The monoisotopic (exact) mass is 369 g/mol. The maximum atomic E-state index is 13.1. The Kier molecular flexibility index (Phi) is 6.58. The summed E-state index contributed by atoms with van der Waals surface area (Å²) in [5.41, 5.74) is 0.391. The van der Waals surface area contributed by atoms with E-state index in [1.54, 1.807) is 6.07 Å². The number of halogens is 2. The van der Waals surface area contributed by atoms with E-state index in [9.17, 15) is 9.18 Å². The van der Waals surface area contributed by atoms with E-state index in [1.165, 1.54) is 32.4 Å². The van der Waals surface area contributed by atoms with Gasteiger partial charge in [0.25, 0.3) is 0 Å². The molecule has 0 bridgehead atoms. The van der Waals surface area contributed by atoms with Crippen LogP contribution in [0.25, 0.3) is 0 Å². The lowest BCUT2D eigenvalue weighted by atomic mass is 10.3. The third-order valence-corrected chi connectivity index (χ3v) is 3.26. The SMILES string of the molecule is COc1cc(NCCNC(=O)Nc2ccc(F)c(Cl)c2)nc(OC)n1. The molecular weight excluding hydrogens is 353 g/mol. The van der Waals surface area contributed by atoms with Crippen molar-refractivity contribution in [3.8, 4) is 11.9 Å². The van der Waals surface area contributed by atoms with Gasteiger partial charge in [0.15, 0.2) is 0 Å². The minimum atomic E-state index is -0.549. The van der Waals surface area contributed by atoms with Crippen molar-refractivity contribution in [2.24, 2.45) is 0 Å². The molecule has 0 unspecified atom stereocenters. The molecule has 3 N–H and O–H groups in total. The minimum absolute atomic E-state index is 0.0638.